The fraction of sp³-hybridized carbons (Fsp3) is 0.222. The average molecular weight is 486 g/mol. The van der Waals surface area contributed by atoms with E-state index in [9.17, 15) is 4.79 Å². The second-order valence-corrected chi connectivity index (χ2v) is 8.78. The zero-order chi connectivity index (χ0) is 26.0. The molecule has 3 aromatic carbocycles. The highest BCUT2D eigenvalue weighted by molar-refractivity contribution is 5.87. The van der Waals surface area contributed by atoms with Gasteiger partial charge in [0.15, 0.2) is 0 Å². The number of aromatic carboxylic acids is 1. The van der Waals surface area contributed by atoms with Crippen LogP contribution in [0.15, 0.2) is 87.3 Å². The number of ether oxygens (including phenoxy) is 2. The smallest absolute Gasteiger partial charge is 0.335 e. The number of fused-ring (bicyclic) bond motifs is 1. The minimum Gasteiger partial charge on any atom is -0.494 e. The van der Waals surface area contributed by atoms with Gasteiger partial charge >= 0.3 is 5.97 Å². The Morgan fingerprint density at radius 3 is 1.92 bits per heavy atom. The molecule has 3 aromatic rings. The molecule has 9 nitrogen and oxygen atoms in total. The van der Waals surface area contributed by atoms with Crippen LogP contribution in [0.2, 0.25) is 0 Å². The van der Waals surface area contributed by atoms with Crippen LogP contribution >= 0.6 is 0 Å². The molecule has 1 heterocycles. The van der Waals surface area contributed by atoms with Gasteiger partial charge in [-0.25, -0.2) is 4.79 Å². The molecule has 4 rings (SSSR count). The van der Waals surface area contributed by atoms with Gasteiger partial charge in [0, 0.05) is 36.0 Å². The average Bonchev–Trinajstić information content (AvgIpc) is 3.05. The van der Waals surface area contributed by atoms with Crippen molar-refractivity contribution in [1.29, 1.82) is 0 Å². The topological polar surface area (TPSA) is 108 Å². The van der Waals surface area contributed by atoms with Gasteiger partial charge in [-0.2, -0.15) is 10.2 Å². The molecule has 0 unspecified atom stereocenters. The van der Waals surface area contributed by atoms with E-state index in [4.69, 9.17) is 14.6 Å². The van der Waals surface area contributed by atoms with Crippen molar-refractivity contribution < 1.29 is 19.4 Å². The maximum Gasteiger partial charge on any atom is 0.335 e. The van der Waals surface area contributed by atoms with Crippen LogP contribution in [0.5, 0.6) is 11.5 Å². The molecule has 184 valence electrons. The summed E-state index contributed by atoms with van der Waals surface area (Å²) < 4.78 is 11.0. The van der Waals surface area contributed by atoms with Gasteiger partial charge in [-0.3, -0.25) is 0 Å². The predicted octanol–water partition coefficient (Wildman–Crippen LogP) is 7.47. The number of carboxylic acids is 1. The molecule has 0 aliphatic carbocycles. The molecule has 0 amide bonds. The highest BCUT2D eigenvalue weighted by Gasteiger charge is 2.37. The minimum atomic E-state index is -1.00. The van der Waals surface area contributed by atoms with Crippen molar-refractivity contribution in [3.05, 3.63) is 78.0 Å². The Balaban J connectivity index is 1.62. The molecule has 36 heavy (non-hydrogen) atoms. The van der Waals surface area contributed by atoms with Crippen molar-refractivity contribution >= 4 is 34.4 Å². The number of hydrogen-bond acceptors (Lipinski definition) is 8. The molecular weight excluding hydrogens is 458 g/mol. The highest BCUT2D eigenvalue weighted by Crippen LogP contribution is 2.47. The summed E-state index contributed by atoms with van der Waals surface area (Å²) in [6.45, 7) is 8.50. The van der Waals surface area contributed by atoms with Gasteiger partial charge in [0.2, 0.25) is 0 Å². The first-order valence-corrected chi connectivity index (χ1v) is 11.2. The molecule has 0 aromatic heterocycles. The number of likely N-dealkylation sites (N-methyl/N-ethyl adjacent to an activating group) is 1. The minimum absolute atomic E-state index is 0.173. The standard InChI is InChI=1S/C27H27N5O4/c1-16-27(2,3)20-13-19(11-12-23(20)32(16)4)29-31-22-15-24(35-5)21(14-25(22)36-6)30-28-18-9-7-17(8-10-18)26(33)34/h7-15H,1H2,2-6H3,(H,33,34)/b30-28-,31-29-. The molecule has 1 N–H and O–H groups in total. The Labute approximate surface area is 209 Å². The summed E-state index contributed by atoms with van der Waals surface area (Å²) in [4.78, 5) is 13.1. The van der Waals surface area contributed by atoms with Gasteiger partial charge in [0.05, 0.1) is 31.2 Å². The number of azo groups is 2. The Hall–Kier alpha value is -4.53. The number of carbonyl (C=O) groups is 1. The van der Waals surface area contributed by atoms with Crippen LogP contribution in [0.4, 0.5) is 28.4 Å². The molecule has 0 saturated heterocycles. The second kappa shape index (κ2) is 9.61. The Kier molecular flexibility index (Phi) is 6.57. The highest BCUT2D eigenvalue weighted by atomic mass is 16.5. The summed E-state index contributed by atoms with van der Waals surface area (Å²) in [5, 5.41) is 26.3. The molecule has 9 heteroatoms. The largest absolute Gasteiger partial charge is 0.494 e. The lowest BCUT2D eigenvalue weighted by atomic mass is 9.84. The fourth-order valence-corrected chi connectivity index (χ4v) is 4.02. The molecule has 1 aliphatic rings. The van der Waals surface area contributed by atoms with Crippen molar-refractivity contribution in [1.82, 2.24) is 0 Å². The SMILES string of the molecule is C=C1N(C)c2ccc(/N=N\c3cc(OC)c(/N=N\c4ccc(C(=O)O)cc4)cc3OC)cc2C1(C)C. The van der Waals surface area contributed by atoms with Crippen molar-refractivity contribution in [3.8, 4) is 11.5 Å². The van der Waals surface area contributed by atoms with Gasteiger partial charge in [-0.1, -0.05) is 20.4 Å². The number of benzene rings is 3. The summed E-state index contributed by atoms with van der Waals surface area (Å²) in [5.41, 5.74) is 5.36. The van der Waals surface area contributed by atoms with Crippen LogP contribution in [0.1, 0.15) is 29.8 Å². The van der Waals surface area contributed by atoms with Crippen LogP contribution in [-0.4, -0.2) is 32.3 Å². The van der Waals surface area contributed by atoms with E-state index in [-0.39, 0.29) is 11.0 Å². The fourth-order valence-electron chi connectivity index (χ4n) is 4.02. The predicted molar refractivity (Wildman–Crippen MR) is 138 cm³/mol. The summed E-state index contributed by atoms with van der Waals surface area (Å²) in [6, 6.07) is 15.4. The van der Waals surface area contributed by atoms with Gasteiger partial charge in [-0.15, -0.1) is 10.2 Å². The van der Waals surface area contributed by atoms with Crippen LogP contribution in [0, 0.1) is 0 Å². The summed E-state index contributed by atoms with van der Waals surface area (Å²) >= 11 is 0. The first kappa shape index (κ1) is 24.6. The van der Waals surface area contributed by atoms with Crippen molar-refractivity contribution in [2.24, 2.45) is 20.5 Å². The van der Waals surface area contributed by atoms with Crippen LogP contribution in [0.3, 0.4) is 0 Å². The Morgan fingerprint density at radius 2 is 1.39 bits per heavy atom. The van der Waals surface area contributed by atoms with E-state index >= 15 is 0 Å². The zero-order valence-electron chi connectivity index (χ0n) is 20.8. The van der Waals surface area contributed by atoms with E-state index in [2.05, 4.69) is 45.8 Å². The molecule has 1 aliphatic heterocycles. The maximum absolute atomic E-state index is 11.0. The van der Waals surface area contributed by atoms with Crippen molar-refractivity contribution in [2.75, 3.05) is 26.2 Å². The number of nitrogens with zero attached hydrogens (tertiary/aromatic N) is 5. The normalized spacial score (nSPS) is 14.5. The van der Waals surface area contributed by atoms with Crippen molar-refractivity contribution in [3.63, 3.8) is 0 Å². The quantitative estimate of drug-likeness (QED) is 0.349. The van der Waals surface area contributed by atoms with E-state index in [0.29, 0.717) is 34.2 Å². The van der Waals surface area contributed by atoms with Crippen LogP contribution in [-0.2, 0) is 5.41 Å². The number of carboxylic acid groups (broad SMARTS) is 1. The third-order valence-electron chi connectivity index (χ3n) is 6.28. The van der Waals surface area contributed by atoms with E-state index < -0.39 is 5.97 Å². The first-order valence-electron chi connectivity index (χ1n) is 11.2. The summed E-state index contributed by atoms with van der Waals surface area (Å²) in [5.74, 6) is -0.121. The van der Waals surface area contributed by atoms with Crippen LogP contribution < -0.4 is 14.4 Å². The van der Waals surface area contributed by atoms with Gasteiger partial charge in [-0.05, 0) is 48.0 Å². The van der Waals surface area contributed by atoms with Gasteiger partial charge in [0.25, 0.3) is 0 Å². The van der Waals surface area contributed by atoms with E-state index in [1.807, 2.05) is 25.2 Å². The lowest BCUT2D eigenvalue weighted by Crippen LogP contribution is -2.21. The molecule has 0 fully saturated rings. The second-order valence-electron chi connectivity index (χ2n) is 8.78. The summed E-state index contributed by atoms with van der Waals surface area (Å²) in [7, 11) is 5.07. The van der Waals surface area contributed by atoms with Gasteiger partial charge in [0.1, 0.15) is 22.9 Å². The molecule has 0 radical (unpaired) electrons. The number of methoxy groups -OCH3 is 2. The lowest BCUT2D eigenvalue weighted by molar-refractivity contribution is 0.0697. The number of anilines is 1. The number of allylic oxidation sites excluding steroid dienone is 1. The lowest BCUT2D eigenvalue weighted by Gasteiger charge is -2.22. The van der Waals surface area contributed by atoms with E-state index in [1.54, 1.807) is 24.3 Å². The molecule has 0 bridgehead atoms. The Bertz CT molecular complexity index is 1390. The first-order chi connectivity index (χ1) is 17.1. The molecule has 0 saturated carbocycles. The number of hydrogen-bond donors (Lipinski definition) is 1. The maximum atomic E-state index is 11.0. The Morgan fingerprint density at radius 1 is 0.861 bits per heavy atom. The molecule has 0 spiro atoms. The van der Waals surface area contributed by atoms with E-state index in [0.717, 1.165) is 16.9 Å². The monoisotopic (exact) mass is 485 g/mol. The van der Waals surface area contributed by atoms with E-state index in [1.165, 1.54) is 26.4 Å². The zero-order valence-corrected chi connectivity index (χ0v) is 20.8. The van der Waals surface area contributed by atoms with Gasteiger partial charge < -0.3 is 19.5 Å². The molecule has 0 atom stereocenters. The van der Waals surface area contributed by atoms with Crippen molar-refractivity contribution in [2.45, 2.75) is 19.3 Å². The third-order valence-corrected chi connectivity index (χ3v) is 6.28. The third kappa shape index (κ3) is 4.55. The number of rotatable bonds is 7. The van der Waals surface area contributed by atoms with Crippen LogP contribution in [0.25, 0.3) is 0 Å². The molecular formula is C27H27N5O4. The summed E-state index contributed by atoms with van der Waals surface area (Å²) in [6.07, 6.45) is 0.